The lowest BCUT2D eigenvalue weighted by Gasteiger charge is -2.07. The largest absolute Gasteiger partial charge is 0.397 e. The molecule has 0 amide bonds. The molecule has 0 saturated carbocycles. The van der Waals surface area contributed by atoms with Crippen molar-refractivity contribution in [1.82, 2.24) is 10.3 Å². The Morgan fingerprint density at radius 3 is 2.75 bits per heavy atom. The summed E-state index contributed by atoms with van der Waals surface area (Å²) in [4.78, 5) is 4.64. The highest BCUT2D eigenvalue weighted by Gasteiger charge is 2.15. The van der Waals surface area contributed by atoms with Gasteiger partial charge in [0.05, 0.1) is 17.1 Å². The quantitative estimate of drug-likeness (QED) is 0.757. The van der Waals surface area contributed by atoms with Gasteiger partial charge in [-0.2, -0.15) is 0 Å². The van der Waals surface area contributed by atoms with Gasteiger partial charge in [-0.3, -0.25) is 0 Å². The zero-order valence-electron chi connectivity index (χ0n) is 8.90. The minimum absolute atomic E-state index is 0.758. The van der Waals surface area contributed by atoms with Gasteiger partial charge < -0.3 is 11.1 Å². The van der Waals surface area contributed by atoms with Crippen LogP contribution in [-0.4, -0.2) is 4.98 Å². The maximum Gasteiger partial charge on any atom is 0.0935 e. The molecule has 0 saturated heterocycles. The van der Waals surface area contributed by atoms with Crippen molar-refractivity contribution in [3.8, 4) is 11.3 Å². The lowest BCUT2D eigenvalue weighted by atomic mass is 10.1. The standard InChI is InChI=1S/C13H13N3/c14-11-6-10-7-15-8-12(10)16-13(11)9-4-2-1-3-5-9/h1-6,15H,7-8,14H2. The molecule has 3 nitrogen and oxygen atoms in total. The van der Waals surface area contributed by atoms with E-state index in [4.69, 9.17) is 5.73 Å². The zero-order chi connectivity index (χ0) is 11.0. The molecule has 0 bridgehead atoms. The molecule has 16 heavy (non-hydrogen) atoms. The summed E-state index contributed by atoms with van der Waals surface area (Å²) in [5.74, 6) is 0. The van der Waals surface area contributed by atoms with E-state index < -0.39 is 0 Å². The Labute approximate surface area is 94.3 Å². The van der Waals surface area contributed by atoms with Gasteiger partial charge in [0, 0.05) is 18.7 Å². The van der Waals surface area contributed by atoms with Crippen LogP contribution in [0.15, 0.2) is 36.4 Å². The highest BCUT2D eigenvalue weighted by Crippen LogP contribution is 2.27. The summed E-state index contributed by atoms with van der Waals surface area (Å²) in [5.41, 5.74) is 11.1. The normalized spacial score (nSPS) is 13.8. The molecule has 1 aromatic heterocycles. The van der Waals surface area contributed by atoms with Gasteiger partial charge >= 0.3 is 0 Å². The molecule has 0 aliphatic carbocycles. The molecule has 0 unspecified atom stereocenters. The number of hydrogen-bond donors (Lipinski definition) is 2. The topological polar surface area (TPSA) is 50.9 Å². The number of benzene rings is 1. The van der Waals surface area contributed by atoms with E-state index in [0.29, 0.717) is 0 Å². The predicted octanol–water partition coefficient (Wildman–Crippen LogP) is 1.93. The lowest BCUT2D eigenvalue weighted by molar-refractivity contribution is 0.758. The molecule has 0 radical (unpaired) electrons. The van der Waals surface area contributed by atoms with Gasteiger partial charge in [-0.15, -0.1) is 0 Å². The van der Waals surface area contributed by atoms with Crippen LogP contribution in [0.1, 0.15) is 11.3 Å². The molecule has 3 N–H and O–H groups in total. The van der Waals surface area contributed by atoms with Crippen LogP contribution in [0.4, 0.5) is 5.69 Å². The Morgan fingerprint density at radius 1 is 1.12 bits per heavy atom. The number of hydrogen-bond acceptors (Lipinski definition) is 3. The van der Waals surface area contributed by atoms with Crippen molar-refractivity contribution in [2.24, 2.45) is 0 Å². The molecule has 2 aromatic rings. The number of pyridine rings is 1. The molecule has 0 atom stereocenters. The first-order valence-electron chi connectivity index (χ1n) is 5.39. The highest BCUT2D eigenvalue weighted by atomic mass is 14.9. The number of aromatic nitrogens is 1. The second-order valence-electron chi connectivity index (χ2n) is 4.00. The molecular formula is C13H13N3. The monoisotopic (exact) mass is 211 g/mol. The molecule has 3 heteroatoms. The van der Waals surface area contributed by atoms with Gasteiger partial charge in [0.1, 0.15) is 0 Å². The van der Waals surface area contributed by atoms with E-state index in [9.17, 15) is 0 Å². The van der Waals surface area contributed by atoms with Gasteiger partial charge in [0.25, 0.3) is 0 Å². The molecule has 80 valence electrons. The first-order valence-corrected chi connectivity index (χ1v) is 5.39. The van der Waals surface area contributed by atoms with Crippen LogP contribution in [0.3, 0.4) is 0 Å². The Bertz CT molecular complexity index is 520. The second-order valence-corrected chi connectivity index (χ2v) is 4.00. The van der Waals surface area contributed by atoms with Crippen molar-refractivity contribution in [3.63, 3.8) is 0 Å². The van der Waals surface area contributed by atoms with Crippen molar-refractivity contribution < 1.29 is 0 Å². The van der Waals surface area contributed by atoms with Crippen LogP contribution in [0.5, 0.6) is 0 Å². The third-order valence-electron chi connectivity index (χ3n) is 2.88. The molecule has 2 heterocycles. The average molecular weight is 211 g/mol. The number of nitrogens with one attached hydrogen (secondary N) is 1. The molecule has 1 aliphatic rings. The van der Waals surface area contributed by atoms with Gasteiger partial charge in [-0.05, 0) is 11.6 Å². The summed E-state index contributed by atoms with van der Waals surface area (Å²) in [6, 6.07) is 12.1. The lowest BCUT2D eigenvalue weighted by Crippen LogP contribution is -2.00. The summed E-state index contributed by atoms with van der Waals surface area (Å²) in [6.45, 7) is 1.72. The second kappa shape index (κ2) is 3.61. The van der Waals surface area contributed by atoms with Crippen LogP contribution in [0, 0.1) is 0 Å². The maximum atomic E-state index is 6.04. The number of nitrogen functional groups attached to an aromatic ring is 1. The highest BCUT2D eigenvalue weighted by molar-refractivity contribution is 5.73. The molecule has 1 aliphatic heterocycles. The van der Waals surface area contributed by atoms with Crippen LogP contribution in [0.2, 0.25) is 0 Å². The SMILES string of the molecule is Nc1cc2c(nc1-c1ccccc1)CNC2. The fourth-order valence-electron chi connectivity index (χ4n) is 2.06. The molecule has 3 rings (SSSR count). The minimum atomic E-state index is 0.758. The van der Waals surface area contributed by atoms with E-state index in [1.807, 2.05) is 36.4 Å². The number of nitrogens with two attached hydrogens (primary N) is 1. The predicted molar refractivity (Wildman–Crippen MR) is 64.6 cm³/mol. The van der Waals surface area contributed by atoms with Gasteiger partial charge in [-0.25, -0.2) is 4.98 Å². The Kier molecular flexibility index (Phi) is 2.11. The number of rotatable bonds is 1. The number of anilines is 1. The summed E-state index contributed by atoms with van der Waals surface area (Å²) >= 11 is 0. The molecular weight excluding hydrogens is 198 g/mol. The van der Waals surface area contributed by atoms with Crippen LogP contribution < -0.4 is 11.1 Å². The third kappa shape index (κ3) is 1.46. The molecule has 1 aromatic carbocycles. The van der Waals surface area contributed by atoms with Crippen LogP contribution in [0.25, 0.3) is 11.3 Å². The van der Waals surface area contributed by atoms with E-state index in [1.54, 1.807) is 0 Å². The van der Waals surface area contributed by atoms with Gasteiger partial charge in [0.15, 0.2) is 0 Å². The van der Waals surface area contributed by atoms with Crippen LogP contribution >= 0.6 is 0 Å². The summed E-state index contributed by atoms with van der Waals surface area (Å²) in [5, 5.41) is 3.28. The van der Waals surface area contributed by atoms with E-state index in [-0.39, 0.29) is 0 Å². The summed E-state index contributed by atoms with van der Waals surface area (Å²) in [7, 11) is 0. The minimum Gasteiger partial charge on any atom is -0.397 e. The van der Waals surface area contributed by atoms with Crippen molar-refractivity contribution >= 4 is 5.69 Å². The van der Waals surface area contributed by atoms with E-state index in [0.717, 1.165) is 35.7 Å². The first-order chi connectivity index (χ1) is 7.84. The number of nitrogens with zero attached hydrogens (tertiary/aromatic N) is 1. The fraction of sp³-hybridized carbons (Fsp3) is 0.154. The van der Waals surface area contributed by atoms with E-state index in [2.05, 4.69) is 10.3 Å². The van der Waals surface area contributed by atoms with Crippen molar-refractivity contribution in [3.05, 3.63) is 47.7 Å². The van der Waals surface area contributed by atoms with Gasteiger partial charge in [-0.1, -0.05) is 30.3 Å². The van der Waals surface area contributed by atoms with Gasteiger partial charge in [0.2, 0.25) is 0 Å². The molecule has 0 fully saturated rings. The summed E-state index contributed by atoms with van der Waals surface area (Å²) < 4.78 is 0. The van der Waals surface area contributed by atoms with Crippen molar-refractivity contribution in [2.75, 3.05) is 5.73 Å². The maximum absolute atomic E-state index is 6.04. The van der Waals surface area contributed by atoms with Crippen molar-refractivity contribution in [1.29, 1.82) is 0 Å². The Balaban J connectivity index is 2.15. The van der Waals surface area contributed by atoms with Crippen molar-refractivity contribution in [2.45, 2.75) is 13.1 Å². The number of fused-ring (bicyclic) bond motifs is 1. The first kappa shape index (κ1) is 9.36. The third-order valence-corrected chi connectivity index (χ3v) is 2.88. The van der Waals surface area contributed by atoms with E-state index >= 15 is 0 Å². The Morgan fingerprint density at radius 2 is 1.94 bits per heavy atom. The summed E-state index contributed by atoms with van der Waals surface area (Å²) in [6.07, 6.45) is 0. The smallest absolute Gasteiger partial charge is 0.0935 e. The fourth-order valence-corrected chi connectivity index (χ4v) is 2.06. The Hall–Kier alpha value is -1.87. The van der Waals surface area contributed by atoms with Crippen LogP contribution in [-0.2, 0) is 13.1 Å². The molecule has 0 spiro atoms. The zero-order valence-corrected chi connectivity index (χ0v) is 8.90. The average Bonchev–Trinajstić information content (AvgIpc) is 2.76. The van der Waals surface area contributed by atoms with E-state index in [1.165, 1.54) is 5.56 Å².